The fraction of sp³-hybridized carbons (Fsp3) is 0.133. The second-order valence-corrected chi connectivity index (χ2v) is 11.5. The normalized spacial score (nSPS) is 10.9. The van der Waals surface area contributed by atoms with Crippen LogP contribution in [0.15, 0.2) is 66.0 Å². The summed E-state index contributed by atoms with van der Waals surface area (Å²) >= 11 is 30.3. The molecule has 236 valence electrons. The number of imidazole rings is 2. The maximum absolute atomic E-state index is 12.4. The van der Waals surface area contributed by atoms with Crippen molar-refractivity contribution in [2.45, 2.75) is 13.8 Å². The molecule has 0 aliphatic carbocycles. The zero-order valence-electron chi connectivity index (χ0n) is 23.9. The van der Waals surface area contributed by atoms with Gasteiger partial charge in [0.15, 0.2) is 5.65 Å². The van der Waals surface area contributed by atoms with Crippen LogP contribution < -0.4 is 5.43 Å². The van der Waals surface area contributed by atoms with Gasteiger partial charge < -0.3 is 9.47 Å². The van der Waals surface area contributed by atoms with Gasteiger partial charge in [-0.3, -0.25) is 9.89 Å². The molecular weight excluding hydrogens is 702 g/mol. The molecule has 46 heavy (non-hydrogen) atoms. The van der Waals surface area contributed by atoms with E-state index in [2.05, 4.69) is 20.2 Å². The van der Waals surface area contributed by atoms with Gasteiger partial charge in [-0.2, -0.15) is 5.10 Å². The first-order valence-electron chi connectivity index (χ1n) is 13.4. The molecule has 0 amide bonds. The molecule has 4 heterocycles. The molecule has 0 aliphatic heterocycles. The lowest BCUT2D eigenvalue weighted by Gasteiger charge is -2.06. The number of hydrogen-bond acceptors (Lipinski definition) is 8. The summed E-state index contributed by atoms with van der Waals surface area (Å²) in [4.78, 5) is 44.3. The molecule has 0 fully saturated rings. The highest BCUT2D eigenvalue weighted by Gasteiger charge is 2.20. The Hall–Kier alpha value is -4.13. The summed E-state index contributed by atoms with van der Waals surface area (Å²) in [7, 11) is 0. The molecule has 4 aromatic heterocycles. The van der Waals surface area contributed by atoms with Gasteiger partial charge in [-0.1, -0.05) is 58.0 Å². The zero-order chi connectivity index (χ0) is 33.1. The van der Waals surface area contributed by atoms with Crippen molar-refractivity contribution >= 4 is 81.2 Å². The van der Waals surface area contributed by atoms with Crippen LogP contribution in [0, 0.1) is 0 Å². The first-order valence-corrected chi connectivity index (χ1v) is 15.3. The topological polar surface area (TPSA) is 133 Å². The largest absolute Gasteiger partial charge is 0.462 e. The van der Waals surface area contributed by atoms with Crippen LogP contribution in [0.2, 0.25) is 25.1 Å². The Morgan fingerprint density at radius 1 is 0.717 bits per heavy atom. The van der Waals surface area contributed by atoms with E-state index in [1.54, 1.807) is 56.4 Å². The lowest BCUT2D eigenvalue weighted by atomic mass is 10.2. The number of nitrogens with zero attached hydrogens (tertiary/aromatic N) is 5. The predicted octanol–water partition coefficient (Wildman–Crippen LogP) is 7.71. The van der Waals surface area contributed by atoms with Crippen molar-refractivity contribution in [3.05, 3.63) is 108 Å². The van der Waals surface area contributed by atoms with Crippen LogP contribution in [0.4, 0.5) is 0 Å². The number of benzene rings is 2. The van der Waals surface area contributed by atoms with E-state index in [0.717, 1.165) is 5.56 Å². The van der Waals surface area contributed by atoms with Crippen LogP contribution in [0.5, 0.6) is 0 Å². The number of nitrogens with one attached hydrogen (secondary N) is 1. The van der Waals surface area contributed by atoms with E-state index in [4.69, 9.17) is 67.5 Å². The molecule has 0 aliphatic rings. The number of esters is 2. The van der Waals surface area contributed by atoms with E-state index in [1.165, 1.54) is 27.6 Å². The van der Waals surface area contributed by atoms with Crippen molar-refractivity contribution in [2.24, 2.45) is 0 Å². The molecular formula is C30H21Cl5N6O5. The van der Waals surface area contributed by atoms with Crippen molar-refractivity contribution in [1.82, 2.24) is 29.2 Å². The lowest BCUT2D eigenvalue weighted by Crippen LogP contribution is -2.20. The number of fused-ring (bicyclic) bond motifs is 2. The molecule has 6 rings (SSSR count). The highest BCUT2D eigenvalue weighted by atomic mass is 35.5. The van der Waals surface area contributed by atoms with Gasteiger partial charge in [-0.05, 0) is 50.2 Å². The second-order valence-electron chi connectivity index (χ2n) is 9.33. The first kappa shape index (κ1) is 33.2. The molecule has 1 N–H and O–H groups in total. The van der Waals surface area contributed by atoms with E-state index < -0.39 is 17.4 Å². The number of rotatable bonds is 6. The summed E-state index contributed by atoms with van der Waals surface area (Å²) in [5.74, 6) is -1.23. The van der Waals surface area contributed by atoms with Gasteiger partial charge in [0.2, 0.25) is 11.1 Å². The third kappa shape index (κ3) is 6.84. The summed E-state index contributed by atoms with van der Waals surface area (Å²) < 4.78 is 12.8. The van der Waals surface area contributed by atoms with Crippen molar-refractivity contribution in [3.8, 4) is 22.5 Å². The Balaban J connectivity index is 0.000000181. The molecule has 2 aromatic carbocycles. The second kappa shape index (κ2) is 14.1. The van der Waals surface area contributed by atoms with Crippen molar-refractivity contribution in [1.29, 1.82) is 0 Å². The minimum atomic E-state index is -0.688. The molecule has 0 bridgehead atoms. The fourth-order valence-corrected chi connectivity index (χ4v) is 5.69. The van der Waals surface area contributed by atoms with Gasteiger partial charge in [0.1, 0.15) is 16.1 Å². The molecule has 11 nitrogen and oxygen atoms in total. The highest BCUT2D eigenvalue weighted by molar-refractivity contribution is 6.37. The quantitative estimate of drug-likeness (QED) is 0.173. The Bertz CT molecular complexity index is 2140. The van der Waals surface area contributed by atoms with Crippen molar-refractivity contribution in [3.63, 3.8) is 0 Å². The average molecular weight is 723 g/mol. The molecule has 0 atom stereocenters. The average Bonchev–Trinajstić information content (AvgIpc) is 3.63. The monoisotopic (exact) mass is 720 g/mol. The van der Waals surface area contributed by atoms with Crippen molar-refractivity contribution < 1.29 is 19.1 Å². The van der Waals surface area contributed by atoms with Crippen LogP contribution in [0.1, 0.15) is 34.6 Å². The van der Waals surface area contributed by atoms with Crippen LogP contribution in [0.3, 0.4) is 0 Å². The van der Waals surface area contributed by atoms with E-state index in [-0.39, 0.29) is 35.0 Å². The maximum Gasteiger partial charge on any atom is 0.343 e. The number of carbonyl (C=O) groups excluding carboxylic acids is 2. The van der Waals surface area contributed by atoms with E-state index in [9.17, 15) is 14.4 Å². The van der Waals surface area contributed by atoms with Gasteiger partial charge in [-0.15, -0.1) is 0 Å². The van der Waals surface area contributed by atoms with Gasteiger partial charge in [0, 0.05) is 37.4 Å². The minimum absolute atomic E-state index is 0.0849. The van der Waals surface area contributed by atoms with E-state index in [0.29, 0.717) is 42.7 Å². The molecule has 0 saturated carbocycles. The highest BCUT2D eigenvalue weighted by Crippen LogP contribution is 2.30. The summed E-state index contributed by atoms with van der Waals surface area (Å²) in [5.41, 5.74) is 2.67. The van der Waals surface area contributed by atoms with Gasteiger partial charge in [0.05, 0.1) is 43.2 Å². The van der Waals surface area contributed by atoms with Gasteiger partial charge >= 0.3 is 11.9 Å². The van der Waals surface area contributed by atoms with Crippen molar-refractivity contribution in [2.75, 3.05) is 13.2 Å². The Morgan fingerprint density at radius 3 is 1.78 bits per heavy atom. The van der Waals surface area contributed by atoms with Crippen LogP contribution in [-0.4, -0.2) is 54.3 Å². The van der Waals surface area contributed by atoms with Crippen LogP contribution in [0.25, 0.3) is 33.8 Å². The number of H-pyrrole nitrogens is 1. The molecule has 0 unspecified atom stereocenters. The standard InChI is InChI=1S/C15H10Cl3N3O2.C15H11Cl2N3O3/c1-2-23-15(22)11-6-20-21-12(7-19-14(21)13(11)18)8-3-9(16)5-10(17)4-8;1-2-23-15(22)11-6-19-20-12(7-18-14(20)13(11)21)8-3-9(16)5-10(17)4-8/h3-7H,2H2,1H3;3-7,19H,2H2,1H3. The van der Waals surface area contributed by atoms with Crippen LogP contribution >= 0.6 is 58.0 Å². The summed E-state index contributed by atoms with van der Waals surface area (Å²) in [6.45, 7) is 3.82. The first-order chi connectivity index (χ1) is 22.0. The lowest BCUT2D eigenvalue weighted by molar-refractivity contribution is 0.0515. The maximum atomic E-state index is 12.4. The molecule has 6 aromatic rings. The number of ether oxygens (including phenoxy) is 2. The van der Waals surface area contributed by atoms with Crippen LogP contribution in [-0.2, 0) is 9.47 Å². The van der Waals surface area contributed by atoms with E-state index >= 15 is 0 Å². The number of carbonyl (C=O) groups is 2. The SMILES string of the molecule is CCOC(=O)c1c[nH]n2c(-c3cc(Cl)cc(Cl)c3)cnc2c1=O.CCOC(=O)c1cnn2c(-c3cc(Cl)cc(Cl)c3)cnc2c1Cl. The number of aromatic amines is 1. The smallest absolute Gasteiger partial charge is 0.343 e. The predicted molar refractivity (Wildman–Crippen MR) is 177 cm³/mol. The molecule has 0 saturated heterocycles. The summed E-state index contributed by atoms with van der Waals surface area (Å²) in [6.07, 6.45) is 5.74. The third-order valence-electron chi connectivity index (χ3n) is 6.33. The molecule has 16 heteroatoms. The van der Waals surface area contributed by atoms with Gasteiger partial charge in [0.25, 0.3) is 0 Å². The Morgan fingerprint density at radius 2 is 1.22 bits per heavy atom. The zero-order valence-corrected chi connectivity index (χ0v) is 27.6. The minimum Gasteiger partial charge on any atom is -0.462 e. The van der Waals surface area contributed by atoms with Gasteiger partial charge in [-0.25, -0.2) is 28.6 Å². The third-order valence-corrected chi connectivity index (χ3v) is 7.57. The van der Waals surface area contributed by atoms with E-state index in [1.807, 2.05) is 0 Å². The molecule has 0 spiro atoms. The Labute approximate surface area is 285 Å². The Kier molecular flexibility index (Phi) is 10.2. The number of hydrogen-bond donors (Lipinski definition) is 1. The molecule has 0 radical (unpaired) electrons. The fourth-order valence-electron chi connectivity index (χ4n) is 4.38. The number of halogens is 5. The summed E-state index contributed by atoms with van der Waals surface area (Å²) in [6, 6.07) is 10.1. The number of aromatic nitrogens is 6. The summed E-state index contributed by atoms with van der Waals surface area (Å²) in [5, 5.41) is 9.18.